The number of imidazole rings is 2. The molecule has 1 saturated heterocycles. The predicted octanol–water partition coefficient (Wildman–Crippen LogP) is 4.56. The zero-order chi connectivity index (χ0) is 23.1. The number of benzene rings is 3. The average Bonchev–Trinajstić information content (AvgIpc) is 3.48. The predicted molar refractivity (Wildman–Crippen MR) is 136 cm³/mol. The summed E-state index contributed by atoms with van der Waals surface area (Å²) in [6.07, 6.45) is 2.51. The van der Waals surface area contributed by atoms with Gasteiger partial charge in [-0.2, -0.15) is 0 Å². The SMILES string of the molecule is CCOc1ccc(-c2nc3ccc(-c4nc5ccc(C6CC[NH+](C)CC6)cc5[nH]4)cc3[nH]2)cc1. The lowest BCUT2D eigenvalue weighted by Gasteiger charge is -2.26. The summed E-state index contributed by atoms with van der Waals surface area (Å²) in [6, 6.07) is 21.0. The van der Waals surface area contributed by atoms with Gasteiger partial charge in [0, 0.05) is 24.0 Å². The number of nitrogens with zero attached hydrogens (tertiary/aromatic N) is 2. The molecule has 0 radical (unpaired) electrons. The van der Waals surface area contributed by atoms with Gasteiger partial charge in [-0.25, -0.2) is 9.97 Å². The van der Waals surface area contributed by atoms with Gasteiger partial charge in [-0.15, -0.1) is 0 Å². The Morgan fingerprint density at radius 1 is 0.824 bits per heavy atom. The summed E-state index contributed by atoms with van der Waals surface area (Å²) in [5.74, 6) is 3.26. The van der Waals surface area contributed by atoms with E-state index in [0.29, 0.717) is 12.5 Å². The number of rotatable bonds is 5. The van der Waals surface area contributed by atoms with Crippen LogP contribution in [0.4, 0.5) is 0 Å². The monoisotopic (exact) mass is 452 g/mol. The number of nitrogens with one attached hydrogen (secondary N) is 3. The van der Waals surface area contributed by atoms with Crippen LogP contribution in [-0.4, -0.2) is 46.7 Å². The van der Waals surface area contributed by atoms with Gasteiger partial charge >= 0.3 is 0 Å². The number of H-pyrrole nitrogens is 2. The van der Waals surface area contributed by atoms with Crippen LogP contribution in [0, 0.1) is 0 Å². The van der Waals surface area contributed by atoms with Crippen molar-refractivity contribution in [1.29, 1.82) is 0 Å². The minimum absolute atomic E-state index is 0.655. The van der Waals surface area contributed by atoms with Crippen LogP contribution in [0.1, 0.15) is 31.2 Å². The Hall–Kier alpha value is -3.64. The molecule has 0 saturated carbocycles. The van der Waals surface area contributed by atoms with Crippen LogP contribution in [0.25, 0.3) is 44.8 Å². The number of quaternary nitrogens is 1. The number of ether oxygens (including phenoxy) is 1. The van der Waals surface area contributed by atoms with E-state index in [1.807, 2.05) is 31.2 Å². The standard InChI is InChI=1S/C28H29N5O/c1-3-34-22-8-4-19(5-9-22)27-29-24-11-7-21(17-26(24)31-27)28-30-23-10-6-20(16-25(23)32-28)18-12-14-33(2)15-13-18/h4-11,16-18H,3,12-15H2,1-2H3,(H,29,31)(H,30,32)/p+1. The molecule has 0 amide bonds. The maximum Gasteiger partial charge on any atom is 0.138 e. The molecular formula is C28H30N5O+. The lowest BCUT2D eigenvalue weighted by molar-refractivity contribution is -0.885. The Labute approximate surface area is 199 Å². The maximum atomic E-state index is 5.55. The van der Waals surface area contributed by atoms with Crippen LogP contribution >= 0.6 is 0 Å². The van der Waals surface area contributed by atoms with E-state index in [2.05, 4.69) is 53.4 Å². The first-order valence-corrected chi connectivity index (χ1v) is 12.2. The second kappa shape index (κ2) is 8.61. The summed E-state index contributed by atoms with van der Waals surface area (Å²) in [5, 5.41) is 0. The topological polar surface area (TPSA) is 71.0 Å². The molecule has 1 fully saturated rings. The van der Waals surface area contributed by atoms with Crippen molar-refractivity contribution in [1.82, 2.24) is 19.9 Å². The van der Waals surface area contributed by atoms with Gasteiger partial charge in [0.25, 0.3) is 0 Å². The van der Waals surface area contributed by atoms with E-state index < -0.39 is 0 Å². The van der Waals surface area contributed by atoms with Gasteiger partial charge in [-0.3, -0.25) is 0 Å². The maximum absolute atomic E-state index is 5.55. The van der Waals surface area contributed by atoms with Crippen LogP contribution in [0.5, 0.6) is 5.75 Å². The number of hydrogen-bond acceptors (Lipinski definition) is 3. The molecule has 6 nitrogen and oxygen atoms in total. The fraction of sp³-hybridized carbons (Fsp3) is 0.286. The van der Waals surface area contributed by atoms with E-state index in [4.69, 9.17) is 14.7 Å². The molecule has 3 aromatic carbocycles. The summed E-state index contributed by atoms with van der Waals surface area (Å²) in [7, 11) is 2.29. The Bertz CT molecular complexity index is 1440. The normalized spacial score (nSPS) is 18.5. The van der Waals surface area contributed by atoms with Crippen LogP contribution in [0.15, 0.2) is 60.7 Å². The van der Waals surface area contributed by atoms with Gasteiger partial charge in [0.2, 0.25) is 0 Å². The van der Waals surface area contributed by atoms with Crippen molar-refractivity contribution in [3.8, 4) is 28.5 Å². The highest BCUT2D eigenvalue weighted by Crippen LogP contribution is 2.30. The smallest absolute Gasteiger partial charge is 0.138 e. The van der Waals surface area contributed by atoms with Crippen molar-refractivity contribution in [3.05, 3.63) is 66.2 Å². The van der Waals surface area contributed by atoms with E-state index >= 15 is 0 Å². The van der Waals surface area contributed by atoms with E-state index in [0.717, 1.165) is 50.6 Å². The first kappa shape index (κ1) is 20.9. The second-order valence-electron chi connectivity index (χ2n) is 9.37. The largest absolute Gasteiger partial charge is 0.494 e. The molecule has 6 rings (SSSR count). The zero-order valence-electron chi connectivity index (χ0n) is 19.7. The summed E-state index contributed by atoms with van der Waals surface area (Å²) in [6.45, 7) is 5.15. The molecule has 172 valence electrons. The van der Waals surface area contributed by atoms with Crippen LogP contribution < -0.4 is 9.64 Å². The molecule has 6 heteroatoms. The Balaban J connectivity index is 1.28. The quantitative estimate of drug-likeness (QED) is 0.366. The van der Waals surface area contributed by atoms with E-state index in [-0.39, 0.29) is 0 Å². The van der Waals surface area contributed by atoms with Gasteiger partial charge in [0.15, 0.2) is 0 Å². The number of piperidine rings is 1. The van der Waals surface area contributed by atoms with Crippen molar-refractivity contribution in [2.75, 3.05) is 26.7 Å². The van der Waals surface area contributed by atoms with Gasteiger partial charge in [-0.1, -0.05) is 6.07 Å². The summed E-state index contributed by atoms with van der Waals surface area (Å²) < 4.78 is 5.55. The van der Waals surface area contributed by atoms with Gasteiger partial charge < -0.3 is 19.6 Å². The van der Waals surface area contributed by atoms with Crippen molar-refractivity contribution in [3.63, 3.8) is 0 Å². The lowest BCUT2D eigenvalue weighted by Crippen LogP contribution is -3.10. The summed E-state index contributed by atoms with van der Waals surface area (Å²) in [4.78, 5) is 18.3. The third-order valence-electron chi connectivity index (χ3n) is 7.01. The van der Waals surface area contributed by atoms with Crippen molar-refractivity contribution in [2.24, 2.45) is 0 Å². The first-order valence-electron chi connectivity index (χ1n) is 12.2. The lowest BCUT2D eigenvalue weighted by atomic mass is 9.89. The van der Waals surface area contributed by atoms with Crippen molar-refractivity contribution < 1.29 is 9.64 Å². The minimum atomic E-state index is 0.655. The highest BCUT2D eigenvalue weighted by atomic mass is 16.5. The van der Waals surface area contributed by atoms with Crippen molar-refractivity contribution >= 4 is 22.1 Å². The van der Waals surface area contributed by atoms with E-state index in [9.17, 15) is 0 Å². The molecule has 1 aliphatic rings. The van der Waals surface area contributed by atoms with Crippen molar-refractivity contribution in [2.45, 2.75) is 25.7 Å². The molecule has 2 aromatic heterocycles. The van der Waals surface area contributed by atoms with E-state index in [1.165, 1.54) is 31.5 Å². The number of likely N-dealkylation sites (tertiary alicyclic amines) is 1. The average molecular weight is 453 g/mol. The highest BCUT2D eigenvalue weighted by Gasteiger charge is 2.21. The molecule has 1 aliphatic heterocycles. The highest BCUT2D eigenvalue weighted by molar-refractivity contribution is 5.86. The van der Waals surface area contributed by atoms with Gasteiger partial charge in [0.05, 0.1) is 48.8 Å². The van der Waals surface area contributed by atoms with E-state index in [1.54, 1.807) is 4.90 Å². The Morgan fingerprint density at radius 3 is 2.15 bits per heavy atom. The number of hydrogen-bond donors (Lipinski definition) is 3. The molecule has 3 heterocycles. The van der Waals surface area contributed by atoms with Crippen LogP contribution in [0.3, 0.4) is 0 Å². The summed E-state index contributed by atoms with van der Waals surface area (Å²) >= 11 is 0. The molecule has 0 spiro atoms. The Morgan fingerprint density at radius 2 is 1.44 bits per heavy atom. The molecule has 34 heavy (non-hydrogen) atoms. The molecule has 0 bridgehead atoms. The van der Waals surface area contributed by atoms with Crippen LogP contribution in [-0.2, 0) is 0 Å². The third-order valence-corrected chi connectivity index (χ3v) is 7.01. The number of fused-ring (bicyclic) bond motifs is 2. The number of aromatic amines is 2. The van der Waals surface area contributed by atoms with Gasteiger partial charge in [-0.05, 0) is 73.0 Å². The zero-order valence-corrected chi connectivity index (χ0v) is 19.7. The summed E-state index contributed by atoms with van der Waals surface area (Å²) in [5.41, 5.74) is 7.57. The Kier molecular flexibility index (Phi) is 5.30. The fourth-order valence-electron chi connectivity index (χ4n) is 5.03. The van der Waals surface area contributed by atoms with Gasteiger partial charge in [0.1, 0.15) is 17.4 Å². The molecule has 0 atom stereocenters. The minimum Gasteiger partial charge on any atom is -0.494 e. The first-order chi connectivity index (χ1) is 16.7. The van der Waals surface area contributed by atoms with Crippen LogP contribution in [0.2, 0.25) is 0 Å². The molecular weight excluding hydrogens is 422 g/mol. The fourth-order valence-corrected chi connectivity index (χ4v) is 5.03. The second-order valence-corrected chi connectivity index (χ2v) is 9.37. The molecule has 3 N–H and O–H groups in total. The molecule has 0 unspecified atom stereocenters. The molecule has 0 aliphatic carbocycles. The third kappa shape index (κ3) is 3.94. The number of aromatic nitrogens is 4. The molecule has 5 aromatic rings.